The number of nitrogens with zero attached hydrogens (tertiary/aromatic N) is 1. The number of rotatable bonds is 3. The third-order valence-electron chi connectivity index (χ3n) is 2.82. The van der Waals surface area contributed by atoms with Gasteiger partial charge in [-0.2, -0.15) is 0 Å². The van der Waals surface area contributed by atoms with E-state index in [2.05, 4.69) is 15.6 Å². The lowest BCUT2D eigenvalue weighted by Gasteiger charge is -2.25. The molecule has 0 unspecified atom stereocenters. The maximum Gasteiger partial charge on any atom is 0.0418 e. The van der Waals surface area contributed by atoms with Crippen LogP contribution in [0.2, 0.25) is 0 Å². The van der Waals surface area contributed by atoms with Crippen molar-refractivity contribution in [3.63, 3.8) is 0 Å². The van der Waals surface area contributed by atoms with Crippen LogP contribution in [0.15, 0.2) is 18.5 Å². The van der Waals surface area contributed by atoms with Gasteiger partial charge < -0.3 is 16.4 Å². The summed E-state index contributed by atoms with van der Waals surface area (Å²) in [6, 6.07) is 2.57. The Hall–Kier alpha value is -1.13. The fourth-order valence-electron chi connectivity index (χ4n) is 1.92. The molecule has 0 amide bonds. The zero-order chi connectivity index (χ0) is 10.5. The average molecular weight is 206 g/mol. The zero-order valence-corrected chi connectivity index (χ0v) is 8.87. The van der Waals surface area contributed by atoms with Gasteiger partial charge in [-0.05, 0) is 32.0 Å². The second-order valence-corrected chi connectivity index (χ2v) is 3.91. The van der Waals surface area contributed by atoms with Crippen molar-refractivity contribution in [2.24, 2.45) is 5.73 Å². The molecule has 4 heteroatoms. The Morgan fingerprint density at radius 1 is 1.47 bits per heavy atom. The minimum atomic E-state index is 0.543. The summed E-state index contributed by atoms with van der Waals surface area (Å²) in [5.41, 5.74) is 7.90. The number of aromatic nitrogens is 1. The summed E-state index contributed by atoms with van der Waals surface area (Å²) in [5, 5.41) is 6.89. The highest BCUT2D eigenvalue weighted by molar-refractivity contribution is 5.50. The van der Waals surface area contributed by atoms with Gasteiger partial charge in [0, 0.05) is 36.2 Å². The van der Waals surface area contributed by atoms with E-state index in [1.54, 1.807) is 0 Å². The highest BCUT2D eigenvalue weighted by Gasteiger charge is 2.13. The maximum atomic E-state index is 5.66. The van der Waals surface area contributed by atoms with Gasteiger partial charge in [-0.1, -0.05) is 0 Å². The summed E-state index contributed by atoms with van der Waals surface area (Å²) in [5.74, 6) is 0. The molecule has 1 aromatic heterocycles. The Kier molecular flexibility index (Phi) is 3.53. The van der Waals surface area contributed by atoms with Crippen LogP contribution in [-0.4, -0.2) is 24.1 Å². The molecule has 0 spiro atoms. The fourth-order valence-corrected chi connectivity index (χ4v) is 1.92. The van der Waals surface area contributed by atoms with Crippen molar-refractivity contribution in [2.75, 3.05) is 18.4 Å². The van der Waals surface area contributed by atoms with E-state index >= 15 is 0 Å². The predicted molar refractivity (Wildman–Crippen MR) is 61.6 cm³/mol. The molecule has 15 heavy (non-hydrogen) atoms. The second kappa shape index (κ2) is 5.09. The Morgan fingerprint density at radius 2 is 2.27 bits per heavy atom. The normalized spacial score (nSPS) is 17.7. The molecule has 0 aromatic carbocycles. The van der Waals surface area contributed by atoms with Gasteiger partial charge in [0.2, 0.25) is 0 Å². The van der Waals surface area contributed by atoms with E-state index in [0.717, 1.165) is 24.3 Å². The Labute approximate surface area is 90.3 Å². The van der Waals surface area contributed by atoms with Crippen LogP contribution in [0.1, 0.15) is 18.4 Å². The molecule has 2 heterocycles. The average Bonchev–Trinajstić information content (AvgIpc) is 2.31. The van der Waals surface area contributed by atoms with Gasteiger partial charge >= 0.3 is 0 Å². The molecule has 0 aliphatic carbocycles. The van der Waals surface area contributed by atoms with Crippen LogP contribution < -0.4 is 16.4 Å². The van der Waals surface area contributed by atoms with Gasteiger partial charge in [-0.25, -0.2) is 0 Å². The molecular weight excluding hydrogens is 188 g/mol. The Balaban J connectivity index is 2.02. The first kappa shape index (κ1) is 10.4. The number of piperidine rings is 1. The molecule has 2 rings (SSSR count). The maximum absolute atomic E-state index is 5.66. The number of hydrogen-bond donors (Lipinski definition) is 3. The standard InChI is InChI=1S/C11H18N4/c12-7-9-8-14-6-3-11(9)15-10-1-4-13-5-2-10/h3,6,8,10,13H,1-2,4-5,7,12H2,(H,14,15). The molecule has 1 aliphatic heterocycles. The van der Waals surface area contributed by atoms with E-state index in [9.17, 15) is 0 Å². The number of nitrogens with one attached hydrogen (secondary N) is 2. The molecule has 0 bridgehead atoms. The SMILES string of the molecule is NCc1cnccc1NC1CCNCC1. The molecular formula is C11H18N4. The van der Waals surface area contributed by atoms with Crippen LogP contribution in [0.3, 0.4) is 0 Å². The summed E-state index contributed by atoms with van der Waals surface area (Å²) in [6.07, 6.45) is 5.99. The van der Waals surface area contributed by atoms with Gasteiger partial charge in [0.05, 0.1) is 0 Å². The first-order valence-electron chi connectivity index (χ1n) is 5.50. The monoisotopic (exact) mass is 206 g/mol. The molecule has 0 atom stereocenters. The highest BCUT2D eigenvalue weighted by atomic mass is 15.0. The number of pyridine rings is 1. The van der Waals surface area contributed by atoms with Crippen molar-refractivity contribution < 1.29 is 0 Å². The molecule has 4 N–H and O–H groups in total. The lowest BCUT2D eigenvalue weighted by Crippen LogP contribution is -2.35. The van der Waals surface area contributed by atoms with Crippen LogP contribution in [0, 0.1) is 0 Å². The van der Waals surface area contributed by atoms with Crippen LogP contribution in [-0.2, 0) is 6.54 Å². The first-order valence-corrected chi connectivity index (χ1v) is 5.50. The largest absolute Gasteiger partial charge is 0.382 e. The minimum absolute atomic E-state index is 0.543. The number of anilines is 1. The topological polar surface area (TPSA) is 63.0 Å². The van der Waals surface area contributed by atoms with Crippen LogP contribution in [0.25, 0.3) is 0 Å². The third kappa shape index (κ3) is 2.67. The van der Waals surface area contributed by atoms with E-state index in [1.807, 2.05) is 18.5 Å². The molecule has 0 radical (unpaired) electrons. The summed E-state index contributed by atoms with van der Waals surface area (Å²) >= 11 is 0. The molecule has 1 aromatic rings. The van der Waals surface area contributed by atoms with Crippen LogP contribution in [0.5, 0.6) is 0 Å². The quantitative estimate of drug-likeness (QED) is 0.681. The fraction of sp³-hybridized carbons (Fsp3) is 0.545. The van der Waals surface area contributed by atoms with E-state index in [1.165, 1.54) is 12.8 Å². The predicted octanol–water partition coefficient (Wildman–Crippen LogP) is 0.704. The van der Waals surface area contributed by atoms with Crippen LogP contribution in [0.4, 0.5) is 5.69 Å². The molecule has 1 fully saturated rings. The second-order valence-electron chi connectivity index (χ2n) is 3.91. The molecule has 0 saturated carbocycles. The molecule has 1 saturated heterocycles. The van der Waals surface area contributed by atoms with Crippen molar-refractivity contribution in [3.05, 3.63) is 24.0 Å². The third-order valence-corrected chi connectivity index (χ3v) is 2.82. The highest BCUT2D eigenvalue weighted by Crippen LogP contribution is 2.16. The summed E-state index contributed by atoms with van der Waals surface area (Å²) in [7, 11) is 0. The number of hydrogen-bond acceptors (Lipinski definition) is 4. The van der Waals surface area contributed by atoms with Crippen molar-refractivity contribution in [2.45, 2.75) is 25.4 Å². The summed E-state index contributed by atoms with van der Waals surface area (Å²) < 4.78 is 0. The van der Waals surface area contributed by atoms with Gasteiger partial charge in [0.15, 0.2) is 0 Å². The van der Waals surface area contributed by atoms with Gasteiger partial charge in [0.25, 0.3) is 0 Å². The van der Waals surface area contributed by atoms with Gasteiger partial charge in [-0.15, -0.1) is 0 Å². The van der Waals surface area contributed by atoms with Crippen molar-refractivity contribution >= 4 is 5.69 Å². The van der Waals surface area contributed by atoms with Gasteiger partial charge in [0.1, 0.15) is 0 Å². The Bertz CT molecular complexity index is 307. The zero-order valence-electron chi connectivity index (χ0n) is 8.87. The van der Waals surface area contributed by atoms with Crippen molar-refractivity contribution in [3.8, 4) is 0 Å². The molecule has 4 nitrogen and oxygen atoms in total. The lowest BCUT2D eigenvalue weighted by atomic mass is 10.1. The summed E-state index contributed by atoms with van der Waals surface area (Å²) in [6.45, 7) is 2.74. The molecule has 82 valence electrons. The first-order chi connectivity index (χ1) is 7.40. The Morgan fingerprint density at radius 3 is 3.00 bits per heavy atom. The van der Waals surface area contributed by atoms with E-state index < -0.39 is 0 Å². The lowest BCUT2D eigenvalue weighted by molar-refractivity contribution is 0.479. The van der Waals surface area contributed by atoms with E-state index in [-0.39, 0.29) is 0 Å². The smallest absolute Gasteiger partial charge is 0.0418 e. The van der Waals surface area contributed by atoms with E-state index in [0.29, 0.717) is 12.6 Å². The summed E-state index contributed by atoms with van der Waals surface area (Å²) in [4.78, 5) is 4.08. The van der Waals surface area contributed by atoms with E-state index in [4.69, 9.17) is 5.73 Å². The minimum Gasteiger partial charge on any atom is -0.382 e. The molecule has 1 aliphatic rings. The van der Waals surface area contributed by atoms with Crippen LogP contribution >= 0.6 is 0 Å². The van der Waals surface area contributed by atoms with Crippen molar-refractivity contribution in [1.82, 2.24) is 10.3 Å². The van der Waals surface area contributed by atoms with Gasteiger partial charge in [-0.3, -0.25) is 4.98 Å². The number of nitrogens with two attached hydrogens (primary N) is 1. The van der Waals surface area contributed by atoms with Crippen molar-refractivity contribution in [1.29, 1.82) is 0 Å².